The summed E-state index contributed by atoms with van der Waals surface area (Å²) in [7, 11) is -1.96. The summed E-state index contributed by atoms with van der Waals surface area (Å²) < 4.78 is 28.7. The molecule has 0 radical (unpaired) electrons. The first-order valence-electron chi connectivity index (χ1n) is 5.88. The molecule has 0 aliphatic carbocycles. The second kappa shape index (κ2) is 5.31. The molecule has 1 heterocycles. The van der Waals surface area contributed by atoms with Crippen molar-refractivity contribution < 1.29 is 8.42 Å². The number of sulfonamides is 1. The van der Waals surface area contributed by atoms with Crippen molar-refractivity contribution >= 4 is 21.5 Å². The minimum absolute atomic E-state index is 0.220. The van der Waals surface area contributed by atoms with Crippen molar-refractivity contribution in [1.29, 1.82) is 0 Å². The van der Waals surface area contributed by atoms with Crippen molar-refractivity contribution in [1.82, 2.24) is 9.78 Å². The predicted octanol–water partition coefficient (Wildman–Crippen LogP) is 1.65. The second-order valence-corrected chi connectivity index (χ2v) is 5.62. The van der Waals surface area contributed by atoms with Crippen molar-refractivity contribution in [2.45, 2.75) is 11.8 Å². The number of nitrogens with one attached hydrogen (secondary N) is 2. The number of aromatic nitrogens is 2. The lowest BCUT2D eigenvalue weighted by molar-refractivity contribution is 0.600. The molecule has 0 saturated carbocycles. The van der Waals surface area contributed by atoms with E-state index in [1.807, 2.05) is 6.92 Å². The van der Waals surface area contributed by atoms with Gasteiger partial charge in [0.1, 0.15) is 10.7 Å². The molecule has 0 saturated heterocycles. The molecule has 0 aliphatic rings. The monoisotopic (exact) mass is 280 g/mol. The fourth-order valence-electron chi connectivity index (χ4n) is 1.70. The highest BCUT2D eigenvalue weighted by Gasteiger charge is 2.19. The minimum atomic E-state index is -3.63. The van der Waals surface area contributed by atoms with Crippen LogP contribution >= 0.6 is 0 Å². The summed E-state index contributed by atoms with van der Waals surface area (Å²) >= 11 is 0. The molecular formula is C12H16N4O2S. The lowest BCUT2D eigenvalue weighted by atomic mass is 10.3. The zero-order chi connectivity index (χ0) is 13.9. The molecule has 1 aromatic heterocycles. The summed E-state index contributed by atoms with van der Waals surface area (Å²) in [6.07, 6.45) is 1.54. The van der Waals surface area contributed by atoms with Gasteiger partial charge in [-0.25, -0.2) is 8.42 Å². The molecule has 0 unspecified atom stereocenters. The van der Waals surface area contributed by atoms with Gasteiger partial charge in [-0.1, -0.05) is 12.1 Å². The topological polar surface area (TPSA) is 76.0 Å². The maximum absolute atomic E-state index is 12.4. The van der Waals surface area contributed by atoms with E-state index in [0.29, 0.717) is 18.1 Å². The van der Waals surface area contributed by atoms with Crippen LogP contribution in [0.3, 0.4) is 0 Å². The number of hydrogen-bond donors (Lipinski definition) is 2. The summed E-state index contributed by atoms with van der Waals surface area (Å²) in [5.74, 6) is 0.423. The van der Waals surface area contributed by atoms with E-state index < -0.39 is 10.0 Å². The van der Waals surface area contributed by atoms with Gasteiger partial charge in [0.15, 0.2) is 0 Å². The van der Waals surface area contributed by atoms with Crippen LogP contribution in [0.4, 0.5) is 11.5 Å². The van der Waals surface area contributed by atoms with Gasteiger partial charge in [-0.05, 0) is 19.1 Å². The van der Waals surface area contributed by atoms with E-state index in [1.54, 1.807) is 37.4 Å². The third-order valence-electron chi connectivity index (χ3n) is 2.60. The van der Waals surface area contributed by atoms with Crippen molar-refractivity contribution in [2.24, 2.45) is 7.05 Å². The first-order valence-corrected chi connectivity index (χ1v) is 7.36. The first kappa shape index (κ1) is 13.4. The number of hydrogen-bond acceptors (Lipinski definition) is 4. The van der Waals surface area contributed by atoms with Crippen LogP contribution in [0.25, 0.3) is 0 Å². The molecule has 2 aromatic rings. The molecule has 1 aromatic carbocycles. The molecule has 0 fully saturated rings. The molecule has 0 spiro atoms. The molecule has 7 heteroatoms. The molecule has 0 atom stereocenters. The van der Waals surface area contributed by atoms with E-state index in [1.165, 1.54) is 10.9 Å². The van der Waals surface area contributed by atoms with E-state index in [2.05, 4.69) is 15.1 Å². The average Bonchev–Trinajstić information content (AvgIpc) is 2.75. The van der Waals surface area contributed by atoms with E-state index in [-0.39, 0.29) is 4.90 Å². The van der Waals surface area contributed by atoms with Gasteiger partial charge < -0.3 is 5.32 Å². The number of rotatable bonds is 5. The Balaban J connectivity index is 2.37. The van der Waals surface area contributed by atoms with Crippen LogP contribution in [0.2, 0.25) is 0 Å². The SMILES string of the molecule is CCNc1ccccc1S(=O)(=O)Nc1ccnn1C. The fourth-order valence-corrected chi connectivity index (χ4v) is 2.98. The van der Waals surface area contributed by atoms with Gasteiger partial charge in [-0.3, -0.25) is 9.40 Å². The molecule has 19 heavy (non-hydrogen) atoms. The first-order chi connectivity index (χ1) is 9.04. The van der Waals surface area contributed by atoms with Gasteiger partial charge in [0.2, 0.25) is 0 Å². The number of para-hydroxylation sites is 1. The van der Waals surface area contributed by atoms with E-state index >= 15 is 0 Å². The Labute approximate surface area is 112 Å². The zero-order valence-corrected chi connectivity index (χ0v) is 11.6. The number of benzene rings is 1. The largest absolute Gasteiger partial charge is 0.384 e. The van der Waals surface area contributed by atoms with Gasteiger partial charge in [-0.15, -0.1) is 0 Å². The summed E-state index contributed by atoms with van der Waals surface area (Å²) in [6.45, 7) is 2.57. The molecule has 2 rings (SSSR count). The van der Waals surface area contributed by atoms with Crippen LogP contribution < -0.4 is 10.0 Å². The molecule has 0 aliphatic heterocycles. The maximum atomic E-state index is 12.4. The number of anilines is 2. The third-order valence-corrected chi connectivity index (χ3v) is 4.02. The Bertz CT molecular complexity index is 664. The lowest BCUT2D eigenvalue weighted by Gasteiger charge is -2.12. The molecule has 102 valence electrons. The van der Waals surface area contributed by atoms with E-state index in [0.717, 1.165) is 0 Å². The van der Waals surface area contributed by atoms with Crippen LogP contribution in [0.1, 0.15) is 6.92 Å². The Morgan fingerprint density at radius 2 is 2.00 bits per heavy atom. The zero-order valence-electron chi connectivity index (χ0n) is 10.8. The second-order valence-electron chi connectivity index (χ2n) is 3.97. The normalized spacial score (nSPS) is 11.3. The van der Waals surface area contributed by atoms with E-state index in [4.69, 9.17) is 0 Å². The van der Waals surface area contributed by atoms with Gasteiger partial charge >= 0.3 is 0 Å². The Hall–Kier alpha value is -2.02. The third kappa shape index (κ3) is 2.87. The van der Waals surface area contributed by atoms with Crippen LogP contribution in [-0.4, -0.2) is 24.7 Å². The molecule has 0 amide bonds. The van der Waals surface area contributed by atoms with Crippen molar-refractivity contribution in [3.63, 3.8) is 0 Å². The Morgan fingerprint density at radius 3 is 2.63 bits per heavy atom. The average molecular weight is 280 g/mol. The molecule has 2 N–H and O–H groups in total. The van der Waals surface area contributed by atoms with Gasteiger partial charge in [0, 0.05) is 19.7 Å². The number of aryl methyl sites for hydroxylation is 1. The minimum Gasteiger partial charge on any atom is -0.384 e. The number of nitrogens with zero attached hydrogens (tertiary/aromatic N) is 2. The maximum Gasteiger partial charge on any atom is 0.265 e. The quantitative estimate of drug-likeness (QED) is 0.873. The highest BCUT2D eigenvalue weighted by Crippen LogP contribution is 2.23. The standard InChI is InChI=1S/C12H16N4O2S/c1-3-13-10-6-4-5-7-11(10)19(17,18)15-12-8-9-14-16(12)2/h4-9,13,15H,3H2,1-2H3. The molecule has 0 bridgehead atoms. The smallest absolute Gasteiger partial charge is 0.265 e. The lowest BCUT2D eigenvalue weighted by Crippen LogP contribution is -2.17. The Kier molecular flexibility index (Phi) is 3.75. The fraction of sp³-hybridized carbons (Fsp3) is 0.250. The van der Waals surface area contributed by atoms with E-state index in [9.17, 15) is 8.42 Å². The van der Waals surface area contributed by atoms with Crippen LogP contribution in [0.5, 0.6) is 0 Å². The van der Waals surface area contributed by atoms with Crippen molar-refractivity contribution in [3.8, 4) is 0 Å². The molecular weight excluding hydrogens is 264 g/mol. The highest BCUT2D eigenvalue weighted by molar-refractivity contribution is 7.92. The highest BCUT2D eigenvalue weighted by atomic mass is 32.2. The van der Waals surface area contributed by atoms with Crippen LogP contribution in [-0.2, 0) is 17.1 Å². The van der Waals surface area contributed by atoms with Crippen molar-refractivity contribution in [2.75, 3.05) is 16.6 Å². The van der Waals surface area contributed by atoms with Crippen LogP contribution in [0.15, 0.2) is 41.4 Å². The van der Waals surface area contributed by atoms with Gasteiger partial charge in [-0.2, -0.15) is 5.10 Å². The van der Waals surface area contributed by atoms with Gasteiger partial charge in [0.05, 0.1) is 11.9 Å². The predicted molar refractivity (Wildman–Crippen MR) is 74.6 cm³/mol. The Morgan fingerprint density at radius 1 is 1.26 bits per heavy atom. The van der Waals surface area contributed by atoms with Crippen molar-refractivity contribution in [3.05, 3.63) is 36.5 Å². The summed E-state index contributed by atoms with van der Waals surface area (Å²) in [5.41, 5.74) is 0.583. The molecule has 6 nitrogen and oxygen atoms in total. The summed E-state index contributed by atoms with van der Waals surface area (Å²) in [4.78, 5) is 0.220. The summed E-state index contributed by atoms with van der Waals surface area (Å²) in [6, 6.07) is 8.39. The van der Waals surface area contributed by atoms with Crippen LogP contribution in [0, 0.1) is 0 Å². The van der Waals surface area contributed by atoms with Gasteiger partial charge in [0.25, 0.3) is 10.0 Å². The summed E-state index contributed by atoms with van der Waals surface area (Å²) in [5, 5.41) is 6.96.